The quantitative estimate of drug-likeness (QED) is 0.799. The minimum absolute atomic E-state index is 0.186. The van der Waals surface area contributed by atoms with Gasteiger partial charge in [-0.25, -0.2) is 4.39 Å². The van der Waals surface area contributed by atoms with Crippen LogP contribution < -0.4 is 5.32 Å². The van der Waals surface area contributed by atoms with E-state index in [1.165, 1.54) is 6.07 Å². The fourth-order valence-electron chi connectivity index (χ4n) is 1.50. The molecule has 0 aromatic heterocycles. The van der Waals surface area contributed by atoms with Crippen LogP contribution >= 0.6 is 0 Å². The number of hydrogen-bond donors (Lipinski definition) is 1. The number of rotatable bonds is 6. The van der Waals surface area contributed by atoms with E-state index in [0.717, 1.165) is 19.5 Å². The molecule has 0 aliphatic carbocycles. The molecule has 0 radical (unpaired) electrons. The molecule has 1 atom stereocenters. The molecule has 1 aromatic carbocycles. The molecule has 0 aliphatic heterocycles. The maximum Gasteiger partial charge on any atom is 0.146 e. The summed E-state index contributed by atoms with van der Waals surface area (Å²) in [5.41, 5.74) is 0.583. The van der Waals surface area contributed by atoms with Gasteiger partial charge in [0.25, 0.3) is 0 Å². The van der Waals surface area contributed by atoms with E-state index >= 15 is 0 Å². The summed E-state index contributed by atoms with van der Waals surface area (Å²) in [4.78, 5) is 2.27. The van der Waals surface area contributed by atoms with Gasteiger partial charge in [0.1, 0.15) is 5.82 Å². The number of likely N-dealkylation sites (N-methyl/N-ethyl adjacent to an activating group) is 1. The molecule has 0 aliphatic rings. The van der Waals surface area contributed by atoms with Crippen molar-refractivity contribution in [1.82, 2.24) is 4.90 Å². The van der Waals surface area contributed by atoms with Crippen molar-refractivity contribution in [2.75, 3.05) is 25.5 Å². The molecule has 2 nitrogen and oxygen atoms in total. The normalized spacial score (nSPS) is 12.8. The predicted molar refractivity (Wildman–Crippen MR) is 67.3 cm³/mol. The standard InChI is InChI=1S/C13H21FN2/c1-4-11(2)16(3)10-9-15-13-8-6-5-7-12(13)14/h5-8,11,15H,4,9-10H2,1-3H3. The minimum Gasteiger partial charge on any atom is -0.381 e. The molecular weight excluding hydrogens is 203 g/mol. The molecule has 0 bridgehead atoms. The first-order valence-corrected chi connectivity index (χ1v) is 5.83. The lowest BCUT2D eigenvalue weighted by atomic mass is 10.2. The van der Waals surface area contributed by atoms with Gasteiger partial charge >= 0.3 is 0 Å². The van der Waals surface area contributed by atoms with E-state index in [-0.39, 0.29) is 5.82 Å². The Hall–Kier alpha value is -1.09. The van der Waals surface area contributed by atoms with Crippen LogP contribution in [-0.4, -0.2) is 31.1 Å². The molecule has 90 valence electrons. The number of hydrogen-bond acceptors (Lipinski definition) is 2. The van der Waals surface area contributed by atoms with Crippen molar-refractivity contribution in [3.05, 3.63) is 30.1 Å². The lowest BCUT2D eigenvalue weighted by Crippen LogP contribution is -2.32. The molecule has 1 rings (SSSR count). The van der Waals surface area contributed by atoms with Crippen molar-refractivity contribution in [2.45, 2.75) is 26.3 Å². The lowest BCUT2D eigenvalue weighted by Gasteiger charge is -2.23. The number of halogens is 1. The molecule has 1 unspecified atom stereocenters. The van der Waals surface area contributed by atoms with Gasteiger partial charge in [-0.2, -0.15) is 0 Å². The van der Waals surface area contributed by atoms with E-state index in [4.69, 9.17) is 0 Å². The third kappa shape index (κ3) is 3.81. The van der Waals surface area contributed by atoms with E-state index in [9.17, 15) is 4.39 Å². The van der Waals surface area contributed by atoms with Gasteiger partial charge in [-0.1, -0.05) is 19.1 Å². The van der Waals surface area contributed by atoms with Gasteiger partial charge < -0.3 is 10.2 Å². The van der Waals surface area contributed by atoms with Gasteiger partial charge in [-0.3, -0.25) is 0 Å². The molecule has 3 heteroatoms. The Morgan fingerprint density at radius 1 is 1.38 bits per heavy atom. The Morgan fingerprint density at radius 2 is 2.06 bits per heavy atom. The fourth-order valence-corrected chi connectivity index (χ4v) is 1.50. The Balaban J connectivity index is 2.33. The van der Waals surface area contributed by atoms with Crippen molar-refractivity contribution in [1.29, 1.82) is 0 Å². The maximum atomic E-state index is 13.3. The van der Waals surface area contributed by atoms with Crippen LogP contribution in [0.25, 0.3) is 0 Å². The topological polar surface area (TPSA) is 15.3 Å². The number of nitrogens with zero attached hydrogens (tertiary/aromatic N) is 1. The molecule has 0 amide bonds. The van der Waals surface area contributed by atoms with E-state index in [0.29, 0.717) is 11.7 Å². The highest BCUT2D eigenvalue weighted by molar-refractivity contribution is 5.44. The van der Waals surface area contributed by atoms with Crippen LogP contribution in [0.5, 0.6) is 0 Å². The predicted octanol–water partition coefficient (Wildman–Crippen LogP) is 2.97. The van der Waals surface area contributed by atoms with Crippen molar-refractivity contribution in [3.8, 4) is 0 Å². The summed E-state index contributed by atoms with van der Waals surface area (Å²) in [5, 5.41) is 3.11. The van der Waals surface area contributed by atoms with Crippen LogP contribution in [0, 0.1) is 5.82 Å². The molecule has 0 heterocycles. The third-order valence-electron chi connectivity index (χ3n) is 3.00. The van der Waals surface area contributed by atoms with Crippen LogP contribution in [0.4, 0.5) is 10.1 Å². The van der Waals surface area contributed by atoms with Gasteiger partial charge in [0, 0.05) is 19.1 Å². The smallest absolute Gasteiger partial charge is 0.146 e. The van der Waals surface area contributed by atoms with E-state index < -0.39 is 0 Å². The summed E-state index contributed by atoms with van der Waals surface area (Å²) < 4.78 is 13.3. The minimum atomic E-state index is -0.186. The largest absolute Gasteiger partial charge is 0.381 e. The molecule has 0 fully saturated rings. The van der Waals surface area contributed by atoms with Gasteiger partial charge in [0.15, 0.2) is 0 Å². The van der Waals surface area contributed by atoms with Crippen LogP contribution in [0.1, 0.15) is 20.3 Å². The van der Waals surface area contributed by atoms with Gasteiger partial charge in [0.2, 0.25) is 0 Å². The average molecular weight is 224 g/mol. The average Bonchev–Trinajstić information content (AvgIpc) is 2.30. The highest BCUT2D eigenvalue weighted by Crippen LogP contribution is 2.11. The molecular formula is C13H21FN2. The van der Waals surface area contributed by atoms with Crippen molar-refractivity contribution < 1.29 is 4.39 Å². The number of para-hydroxylation sites is 1. The molecule has 0 saturated carbocycles. The zero-order valence-electron chi connectivity index (χ0n) is 10.3. The van der Waals surface area contributed by atoms with Crippen molar-refractivity contribution in [2.24, 2.45) is 0 Å². The molecule has 16 heavy (non-hydrogen) atoms. The molecule has 0 spiro atoms. The van der Waals surface area contributed by atoms with Gasteiger partial charge in [-0.15, -0.1) is 0 Å². The molecule has 1 aromatic rings. The Morgan fingerprint density at radius 3 is 2.69 bits per heavy atom. The second-order valence-corrected chi connectivity index (χ2v) is 4.14. The summed E-state index contributed by atoms with van der Waals surface area (Å²) in [6.45, 7) is 6.06. The Kier molecular flexibility index (Phi) is 5.26. The summed E-state index contributed by atoms with van der Waals surface area (Å²) in [5.74, 6) is -0.186. The Bertz CT molecular complexity index is 315. The molecule has 0 saturated heterocycles. The monoisotopic (exact) mass is 224 g/mol. The highest BCUT2D eigenvalue weighted by atomic mass is 19.1. The fraction of sp³-hybridized carbons (Fsp3) is 0.538. The first-order valence-electron chi connectivity index (χ1n) is 5.83. The van der Waals surface area contributed by atoms with E-state index in [1.807, 2.05) is 6.07 Å². The van der Waals surface area contributed by atoms with Crippen molar-refractivity contribution in [3.63, 3.8) is 0 Å². The second kappa shape index (κ2) is 6.48. The lowest BCUT2D eigenvalue weighted by molar-refractivity contribution is 0.261. The van der Waals surface area contributed by atoms with Crippen LogP contribution in [0.15, 0.2) is 24.3 Å². The number of anilines is 1. The van der Waals surface area contributed by atoms with E-state index in [1.54, 1.807) is 12.1 Å². The summed E-state index contributed by atoms with van der Waals surface area (Å²) in [7, 11) is 2.09. The highest BCUT2D eigenvalue weighted by Gasteiger charge is 2.06. The summed E-state index contributed by atoms with van der Waals surface area (Å²) >= 11 is 0. The zero-order valence-corrected chi connectivity index (χ0v) is 10.3. The summed E-state index contributed by atoms with van der Waals surface area (Å²) in [6.07, 6.45) is 1.14. The van der Waals surface area contributed by atoms with Gasteiger partial charge in [0.05, 0.1) is 5.69 Å². The number of nitrogens with one attached hydrogen (secondary N) is 1. The maximum absolute atomic E-state index is 13.3. The SMILES string of the molecule is CCC(C)N(C)CCNc1ccccc1F. The zero-order chi connectivity index (χ0) is 12.0. The van der Waals surface area contributed by atoms with E-state index in [2.05, 4.69) is 31.1 Å². The molecule has 1 N–H and O–H groups in total. The van der Waals surface area contributed by atoms with Crippen LogP contribution in [0.3, 0.4) is 0 Å². The third-order valence-corrected chi connectivity index (χ3v) is 3.00. The second-order valence-electron chi connectivity index (χ2n) is 4.14. The first-order chi connectivity index (χ1) is 7.65. The number of benzene rings is 1. The Labute approximate surface area is 97.5 Å². The van der Waals surface area contributed by atoms with Crippen LogP contribution in [0.2, 0.25) is 0 Å². The van der Waals surface area contributed by atoms with Crippen molar-refractivity contribution >= 4 is 5.69 Å². The van der Waals surface area contributed by atoms with Gasteiger partial charge in [-0.05, 0) is 32.5 Å². The van der Waals surface area contributed by atoms with Crippen LogP contribution in [-0.2, 0) is 0 Å². The first kappa shape index (κ1) is 13.0. The summed E-state index contributed by atoms with van der Waals surface area (Å²) in [6, 6.07) is 7.34.